The van der Waals surface area contributed by atoms with Crippen LogP contribution in [0.1, 0.15) is 35.2 Å². The number of rotatable bonds is 3. The van der Waals surface area contributed by atoms with E-state index in [1.807, 2.05) is 22.9 Å². The average Bonchev–Trinajstić information content (AvgIpc) is 3.01. The quantitative estimate of drug-likeness (QED) is 0.768. The number of nitrogen functional groups attached to an aromatic ring is 1. The summed E-state index contributed by atoms with van der Waals surface area (Å²) >= 11 is 0. The van der Waals surface area contributed by atoms with Crippen LogP contribution >= 0.6 is 0 Å². The molecule has 6 heteroatoms. The Bertz CT molecular complexity index is 887. The van der Waals surface area contributed by atoms with Crippen molar-refractivity contribution in [2.45, 2.75) is 25.4 Å². The summed E-state index contributed by atoms with van der Waals surface area (Å²) < 4.78 is 7.25. The van der Waals surface area contributed by atoms with Gasteiger partial charge < -0.3 is 15.8 Å². The zero-order valence-corrected chi connectivity index (χ0v) is 14.3. The lowest BCUT2D eigenvalue weighted by molar-refractivity contribution is 0.407. The van der Waals surface area contributed by atoms with Crippen molar-refractivity contribution in [3.8, 4) is 5.75 Å². The second-order valence-corrected chi connectivity index (χ2v) is 6.37. The summed E-state index contributed by atoms with van der Waals surface area (Å²) in [7, 11) is 1.68. The molecule has 0 unspecified atom stereocenters. The molecule has 25 heavy (non-hydrogen) atoms. The summed E-state index contributed by atoms with van der Waals surface area (Å²) in [6, 6.07) is 16.8. The van der Waals surface area contributed by atoms with Gasteiger partial charge in [0.15, 0.2) is 0 Å². The van der Waals surface area contributed by atoms with Crippen molar-refractivity contribution < 1.29 is 4.74 Å². The van der Waals surface area contributed by atoms with Gasteiger partial charge in [0.2, 0.25) is 11.9 Å². The minimum Gasteiger partial charge on any atom is -0.497 e. The van der Waals surface area contributed by atoms with Gasteiger partial charge in [0, 0.05) is 0 Å². The fraction of sp³-hybridized carbons (Fsp3) is 0.263. The van der Waals surface area contributed by atoms with Crippen molar-refractivity contribution in [2.24, 2.45) is 0 Å². The van der Waals surface area contributed by atoms with Gasteiger partial charge in [0.25, 0.3) is 0 Å². The number of hydrogen-bond donors (Lipinski definition) is 2. The van der Waals surface area contributed by atoms with Gasteiger partial charge >= 0.3 is 0 Å². The molecule has 0 aliphatic carbocycles. The first-order valence-electron chi connectivity index (χ1n) is 8.33. The maximum Gasteiger partial charge on any atom is 0.241 e. The molecule has 0 radical (unpaired) electrons. The molecule has 4 rings (SSSR count). The van der Waals surface area contributed by atoms with Crippen LogP contribution < -0.4 is 15.8 Å². The van der Waals surface area contributed by atoms with E-state index in [2.05, 4.69) is 52.7 Å². The van der Waals surface area contributed by atoms with E-state index in [1.165, 1.54) is 11.1 Å². The Kier molecular flexibility index (Phi) is 3.80. The van der Waals surface area contributed by atoms with E-state index >= 15 is 0 Å². The highest BCUT2D eigenvalue weighted by Gasteiger charge is 2.31. The number of nitrogens with one attached hydrogen (secondary N) is 1. The largest absolute Gasteiger partial charge is 0.497 e. The minimum atomic E-state index is 0.0439. The van der Waals surface area contributed by atoms with Crippen LogP contribution in [-0.2, 0) is 0 Å². The standard InChI is InChI=1S/C19H21N5O/c1-12-6-8-13(9-7-12)16-11-17(14-4-3-5-15(10-14)25-2)24-19(21-16)22-18(20)23-24/h3-10,16-17H,11H2,1-2H3,(H3,20,21,22,23)/t16-,17-/m1/s1. The number of aryl methyl sites for hydroxylation is 1. The lowest BCUT2D eigenvalue weighted by atomic mass is 9.93. The van der Waals surface area contributed by atoms with Crippen molar-refractivity contribution in [1.82, 2.24) is 14.8 Å². The predicted molar refractivity (Wildman–Crippen MR) is 97.7 cm³/mol. The third-order valence-corrected chi connectivity index (χ3v) is 4.66. The molecule has 0 saturated heterocycles. The maximum atomic E-state index is 5.85. The first-order chi connectivity index (χ1) is 12.1. The topological polar surface area (TPSA) is 78.0 Å². The highest BCUT2D eigenvalue weighted by molar-refractivity contribution is 5.43. The van der Waals surface area contributed by atoms with E-state index in [-0.39, 0.29) is 18.0 Å². The number of ether oxygens (including phenoxy) is 1. The van der Waals surface area contributed by atoms with Crippen LogP contribution in [0.15, 0.2) is 48.5 Å². The van der Waals surface area contributed by atoms with E-state index in [1.54, 1.807) is 7.11 Å². The van der Waals surface area contributed by atoms with E-state index in [0.29, 0.717) is 5.95 Å². The fourth-order valence-electron chi connectivity index (χ4n) is 3.34. The number of fused-ring (bicyclic) bond motifs is 1. The van der Waals surface area contributed by atoms with Crippen LogP contribution in [0.25, 0.3) is 0 Å². The van der Waals surface area contributed by atoms with Crippen LogP contribution in [0, 0.1) is 6.92 Å². The minimum absolute atomic E-state index is 0.0439. The second kappa shape index (κ2) is 6.12. The molecule has 0 saturated carbocycles. The Labute approximate surface area is 146 Å². The second-order valence-electron chi connectivity index (χ2n) is 6.37. The van der Waals surface area contributed by atoms with Crippen molar-refractivity contribution in [3.05, 3.63) is 65.2 Å². The molecule has 0 spiro atoms. The molecule has 3 aromatic rings. The summed E-state index contributed by atoms with van der Waals surface area (Å²) in [4.78, 5) is 4.35. The highest BCUT2D eigenvalue weighted by Crippen LogP contribution is 2.38. The Hall–Kier alpha value is -3.02. The molecule has 0 bridgehead atoms. The van der Waals surface area contributed by atoms with E-state index in [0.717, 1.165) is 17.7 Å². The smallest absolute Gasteiger partial charge is 0.241 e. The number of nitrogens with zero attached hydrogens (tertiary/aromatic N) is 3. The summed E-state index contributed by atoms with van der Waals surface area (Å²) in [5.74, 6) is 1.81. The van der Waals surface area contributed by atoms with E-state index < -0.39 is 0 Å². The normalized spacial score (nSPS) is 19.1. The lowest BCUT2D eigenvalue weighted by Crippen LogP contribution is -2.28. The summed E-state index contributed by atoms with van der Waals surface area (Å²) in [5.41, 5.74) is 9.45. The lowest BCUT2D eigenvalue weighted by Gasteiger charge is -2.31. The zero-order valence-electron chi connectivity index (χ0n) is 14.3. The molecule has 1 aliphatic rings. The molecule has 2 atom stereocenters. The van der Waals surface area contributed by atoms with Gasteiger partial charge in [0.05, 0.1) is 19.2 Å². The molecule has 0 amide bonds. The van der Waals surface area contributed by atoms with Crippen molar-refractivity contribution in [2.75, 3.05) is 18.2 Å². The molecule has 6 nitrogen and oxygen atoms in total. The van der Waals surface area contributed by atoms with Crippen LogP contribution in [0.2, 0.25) is 0 Å². The Balaban J connectivity index is 1.75. The monoisotopic (exact) mass is 335 g/mol. The summed E-state index contributed by atoms with van der Waals surface area (Å²) in [5, 5.41) is 7.85. The van der Waals surface area contributed by atoms with Crippen LogP contribution in [0.5, 0.6) is 5.75 Å². The van der Waals surface area contributed by atoms with E-state index in [4.69, 9.17) is 10.5 Å². The zero-order chi connectivity index (χ0) is 17.4. The van der Waals surface area contributed by atoms with Crippen molar-refractivity contribution in [3.63, 3.8) is 0 Å². The van der Waals surface area contributed by atoms with Crippen LogP contribution in [0.4, 0.5) is 11.9 Å². The molecule has 2 aromatic carbocycles. The average molecular weight is 335 g/mol. The molecule has 128 valence electrons. The van der Waals surface area contributed by atoms with Gasteiger partial charge in [-0.1, -0.05) is 42.0 Å². The third kappa shape index (κ3) is 2.91. The number of methoxy groups -OCH3 is 1. The Morgan fingerprint density at radius 2 is 1.96 bits per heavy atom. The Morgan fingerprint density at radius 3 is 2.72 bits per heavy atom. The SMILES string of the molecule is COc1cccc([C@H]2C[C@H](c3ccc(C)cc3)Nc3nc(N)nn32)c1. The molecular formula is C19H21N5O. The van der Waals surface area contributed by atoms with Gasteiger partial charge in [0.1, 0.15) is 5.75 Å². The van der Waals surface area contributed by atoms with Gasteiger partial charge in [-0.05, 0) is 36.6 Å². The first kappa shape index (κ1) is 15.5. The molecule has 3 N–H and O–H groups in total. The molecule has 1 aromatic heterocycles. The van der Waals surface area contributed by atoms with Crippen molar-refractivity contribution >= 4 is 11.9 Å². The molecule has 2 heterocycles. The number of aromatic nitrogens is 3. The Morgan fingerprint density at radius 1 is 1.16 bits per heavy atom. The van der Waals surface area contributed by atoms with E-state index in [9.17, 15) is 0 Å². The number of nitrogens with two attached hydrogens (primary N) is 1. The van der Waals surface area contributed by atoms with Gasteiger partial charge in [-0.3, -0.25) is 0 Å². The fourth-order valence-corrected chi connectivity index (χ4v) is 3.34. The number of benzene rings is 2. The van der Waals surface area contributed by atoms with Gasteiger partial charge in [-0.2, -0.15) is 4.98 Å². The van der Waals surface area contributed by atoms with Crippen LogP contribution in [-0.4, -0.2) is 21.9 Å². The van der Waals surface area contributed by atoms with Gasteiger partial charge in [-0.25, -0.2) is 4.68 Å². The van der Waals surface area contributed by atoms with Crippen molar-refractivity contribution in [1.29, 1.82) is 0 Å². The highest BCUT2D eigenvalue weighted by atomic mass is 16.5. The molecular weight excluding hydrogens is 314 g/mol. The predicted octanol–water partition coefficient (Wildman–Crippen LogP) is 3.32. The summed E-state index contributed by atoms with van der Waals surface area (Å²) in [6.07, 6.45) is 0.853. The van der Waals surface area contributed by atoms with Crippen LogP contribution in [0.3, 0.4) is 0 Å². The third-order valence-electron chi connectivity index (χ3n) is 4.66. The number of anilines is 2. The molecule has 1 aliphatic heterocycles. The molecule has 0 fully saturated rings. The van der Waals surface area contributed by atoms with Gasteiger partial charge in [-0.15, -0.1) is 5.10 Å². The number of hydrogen-bond acceptors (Lipinski definition) is 5. The first-order valence-corrected chi connectivity index (χ1v) is 8.33. The summed E-state index contributed by atoms with van der Waals surface area (Å²) in [6.45, 7) is 2.09. The maximum absolute atomic E-state index is 5.85.